The van der Waals surface area contributed by atoms with Crippen LogP contribution in [0.3, 0.4) is 0 Å². The second-order valence-electron chi connectivity index (χ2n) is 8.50. The second-order valence-corrected chi connectivity index (χ2v) is 8.50. The number of hydrogen-bond donors (Lipinski definition) is 2. The number of carboxylic acids is 1. The van der Waals surface area contributed by atoms with Crippen molar-refractivity contribution in [2.75, 3.05) is 36.5 Å². The number of aryl methyl sites for hydroxylation is 2. The molecular formula is C25H25FN6O3. The molecule has 1 aliphatic heterocycles. The van der Waals surface area contributed by atoms with Gasteiger partial charge in [-0.1, -0.05) is 18.2 Å². The summed E-state index contributed by atoms with van der Waals surface area (Å²) < 4.78 is 22.0. The fourth-order valence-electron chi connectivity index (χ4n) is 4.23. The minimum atomic E-state index is -1.10. The van der Waals surface area contributed by atoms with Gasteiger partial charge in [0.25, 0.3) is 5.95 Å². The number of anilines is 2. The molecule has 0 amide bonds. The summed E-state index contributed by atoms with van der Waals surface area (Å²) in [6.45, 7) is 6.89. The van der Waals surface area contributed by atoms with Gasteiger partial charge in [-0.05, 0) is 36.6 Å². The van der Waals surface area contributed by atoms with E-state index in [1.54, 1.807) is 6.07 Å². The van der Waals surface area contributed by atoms with Gasteiger partial charge in [-0.3, -0.25) is 0 Å². The van der Waals surface area contributed by atoms with Crippen LogP contribution >= 0.6 is 0 Å². The lowest BCUT2D eigenvalue weighted by molar-refractivity contribution is 0.0697. The summed E-state index contributed by atoms with van der Waals surface area (Å²) in [5.41, 5.74) is 4.18. The zero-order valence-corrected chi connectivity index (χ0v) is 19.5. The third-order valence-corrected chi connectivity index (χ3v) is 6.20. The Balaban J connectivity index is 1.57. The standard InChI is InChI=1S/C25H25FN6O3/c1-15-4-3-5-16(2)19(15)13-27-22-10-18-21(11-20(22)26)29-25(32-14-17(12-28-32)24(33)34)30-23(18)31-6-8-35-9-7-31/h3-5,10-12,14,27H,6-9,13H2,1-2H3,(H,33,34). The Morgan fingerprint density at radius 3 is 2.60 bits per heavy atom. The fourth-order valence-corrected chi connectivity index (χ4v) is 4.23. The number of benzene rings is 2. The minimum Gasteiger partial charge on any atom is -0.478 e. The number of halogens is 1. The van der Waals surface area contributed by atoms with Crippen LogP contribution in [0.2, 0.25) is 0 Å². The third kappa shape index (κ3) is 4.52. The van der Waals surface area contributed by atoms with Crippen LogP contribution in [0, 0.1) is 19.7 Å². The number of hydrogen-bond acceptors (Lipinski definition) is 7. The Kier molecular flexibility index (Phi) is 6.04. The van der Waals surface area contributed by atoms with E-state index in [1.807, 2.05) is 32.0 Å². The molecule has 1 saturated heterocycles. The van der Waals surface area contributed by atoms with Crippen molar-refractivity contribution in [3.63, 3.8) is 0 Å². The Hall–Kier alpha value is -4.05. The molecule has 1 aliphatic rings. The number of aromatic carboxylic acids is 1. The predicted molar refractivity (Wildman–Crippen MR) is 130 cm³/mol. The van der Waals surface area contributed by atoms with Crippen LogP contribution in [0.1, 0.15) is 27.0 Å². The molecule has 10 heteroatoms. The first-order chi connectivity index (χ1) is 16.9. The van der Waals surface area contributed by atoms with E-state index >= 15 is 4.39 Å². The summed E-state index contributed by atoms with van der Waals surface area (Å²) >= 11 is 0. The van der Waals surface area contributed by atoms with Crippen molar-refractivity contribution in [2.24, 2.45) is 0 Å². The lowest BCUT2D eigenvalue weighted by Crippen LogP contribution is -2.37. The summed E-state index contributed by atoms with van der Waals surface area (Å²) in [5, 5.41) is 17.2. The molecule has 0 spiro atoms. The van der Waals surface area contributed by atoms with Gasteiger partial charge in [0.1, 0.15) is 11.6 Å². The van der Waals surface area contributed by atoms with Gasteiger partial charge in [-0.25, -0.2) is 18.9 Å². The van der Waals surface area contributed by atoms with E-state index in [1.165, 1.54) is 23.1 Å². The topological polar surface area (TPSA) is 105 Å². The molecule has 2 N–H and O–H groups in total. The number of fused-ring (bicyclic) bond motifs is 1. The largest absolute Gasteiger partial charge is 0.478 e. The lowest BCUT2D eigenvalue weighted by Gasteiger charge is -2.29. The van der Waals surface area contributed by atoms with Crippen LogP contribution in [-0.2, 0) is 11.3 Å². The molecule has 0 unspecified atom stereocenters. The highest BCUT2D eigenvalue weighted by molar-refractivity contribution is 5.93. The van der Waals surface area contributed by atoms with Crippen molar-refractivity contribution in [1.29, 1.82) is 0 Å². The van der Waals surface area contributed by atoms with Gasteiger partial charge in [0.15, 0.2) is 0 Å². The third-order valence-electron chi connectivity index (χ3n) is 6.20. The molecule has 3 heterocycles. The van der Waals surface area contributed by atoms with Gasteiger partial charge >= 0.3 is 5.97 Å². The van der Waals surface area contributed by atoms with Crippen LogP contribution in [0.5, 0.6) is 0 Å². The average Bonchev–Trinajstić information content (AvgIpc) is 3.35. The SMILES string of the molecule is Cc1cccc(C)c1CNc1cc2c(N3CCOCC3)nc(-n3cc(C(=O)O)cn3)nc2cc1F. The van der Waals surface area contributed by atoms with Crippen molar-refractivity contribution in [3.05, 3.63) is 70.8 Å². The summed E-state index contributed by atoms with van der Waals surface area (Å²) in [6, 6.07) is 9.19. The van der Waals surface area contributed by atoms with Crippen LogP contribution < -0.4 is 10.2 Å². The molecule has 1 fully saturated rings. The van der Waals surface area contributed by atoms with Crippen LogP contribution in [-0.4, -0.2) is 57.1 Å². The predicted octanol–water partition coefficient (Wildman–Crippen LogP) is 3.72. The zero-order chi connectivity index (χ0) is 24.5. The molecule has 180 valence electrons. The first kappa shape index (κ1) is 22.7. The van der Waals surface area contributed by atoms with E-state index in [2.05, 4.69) is 20.3 Å². The minimum absolute atomic E-state index is 0.0128. The summed E-state index contributed by atoms with van der Waals surface area (Å²) in [6.07, 6.45) is 2.56. The maximum absolute atomic E-state index is 15.2. The Morgan fingerprint density at radius 1 is 1.17 bits per heavy atom. The molecule has 2 aromatic heterocycles. The van der Waals surface area contributed by atoms with E-state index < -0.39 is 11.8 Å². The van der Waals surface area contributed by atoms with Gasteiger partial charge in [0.2, 0.25) is 0 Å². The summed E-state index contributed by atoms with van der Waals surface area (Å²) in [5.74, 6) is -0.748. The number of aromatic nitrogens is 4. The number of carbonyl (C=O) groups is 1. The smallest absolute Gasteiger partial charge is 0.338 e. The Morgan fingerprint density at radius 2 is 1.91 bits per heavy atom. The Bertz CT molecular complexity index is 1390. The van der Waals surface area contributed by atoms with Gasteiger partial charge in [-0.2, -0.15) is 10.1 Å². The van der Waals surface area contributed by atoms with Crippen LogP contribution in [0.15, 0.2) is 42.7 Å². The number of carboxylic acid groups (broad SMARTS) is 1. The van der Waals surface area contributed by atoms with Crippen LogP contribution in [0.4, 0.5) is 15.9 Å². The van der Waals surface area contributed by atoms with E-state index in [4.69, 9.17) is 9.72 Å². The van der Waals surface area contributed by atoms with Crippen molar-refractivity contribution >= 4 is 28.4 Å². The van der Waals surface area contributed by atoms with Crippen molar-refractivity contribution in [3.8, 4) is 5.95 Å². The molecule has 0 atom stereocenters. The summed E-state index contributed by atoms with van der Waals surface area (Å²) in [4.78, 5) is 22.5. The highest BCUT2D eigenvalue weighted by atomic mass is 19.1. The second kappa shape index (κ2) is 9.30. The maximum atomic E-state index is 15.2. The number of morpholine rings is 1. The van der Waals surface area contributed by atoms with Gasteiger partial charge in [-0.15, -0.1) is 0 Å². The lowest BCUT2D eigenvalue weighted by atomic mass is 10.0. The normalized spacial score (nSPS) is 13.9. The number of ether oxygens (including phenoxy) is 1. The molecular weight excluding hydrogens is 451 g/mol. The fraction of sp³-hybridized carbons (Fsp3) is 0.280. The number of rotatable bonds is 6. The van der Waals surface area contributed by atoms with Gasteiger partial charge in [0, 0.05) is 37.3 Å². The molecule has 9 nitrogen and oxygen atoms in total. The zero-order valence-electron chi connectivity index (χ0n) is 19.5. The summed E-state index contributed by atoms with van der Waals surface area (Å²) in [7, 11) is 0. The number of nitrogens with zero attached hydrogens (tertiary/aromatic N) is 5. The molecule has 2 aromatic carbocycles. The molecule has 4 aromatic rings. The average molecular weight is 477 g/mol. The Labute approximate surface area is 201 Å². The van der Waals surface area contributed by atoms with Crippen molar-refractivity contribution < 1.29 is 19.0 Å². The van der Waals surface area contributed by atoms with Crippen molar-refractivity contribution in [1.82, 2.24) is 19.7 Å². The first-order valence-electron chi connectivity index (χ1n) is 11.3. The highest BCUT2D eigenvalue weighted by Gasteiger charge is 2.21. The molecule has 35 heavy (non-hydrogen) atoms. The molecule has 0 radical (unpaired) electrons. The number of nitrogens with one attached hydrogen (secondary N) is 1. The van der Waals surface area contributed by atoms with E-state index in [0.29, 0.717) is 55.3 Å². The van der Waals surface area contributed by atoms with E-state index in [0.717, 1.165) is 16.7 Å². The quantitative estimate of drug-likeness (QED) is 0.434. The van der Waals surface area contributed by atoms with E-state index in [-0.39, 0.29) is 11.5 Å². The maximum Gasteiger partial charge on any atom is 0.338 e. The molecule has 0 aliphatic carbocycles. The monoisotopic (exact) mass is 476 g/mol. The van der Waals surface area contributed by atoms with E-state index in [9.17, 15) is 9.90 Å². The molecule has 5 rings (SSSR count). The van der Waals surface area contributed by atoms with Crippen molar-refractivity contribution in [2.45, 2.75) is 20.4 Å². The molecule has 0 saturated carbocycles. The highest BCUT2D eigenvalue weighted by Crippen LogP contribution is 2.31. The van der Waals surface area contributed by atoms with Gasteiger partial charge < -0.3 is 20.1 Å². The molecule has 0 bridgehead atoms. The van der Waals surface area contributed by atoms with Gasteiger partial charge in [0.05, 0.1) is 36.2 Å². The first-order valence-corrected chi connectivity index (χ1v) is 11.3. The van der Waals surface area contributed by atoms with Crippen LogP contribution in [0.25, 0.3) is 16.9 Å².